The molecule has 2 aliphatic heterocycles. The second-order valence-corrected chi connectivity index (χ2v) is 13.2. The summed E-state index contributed by atoms with van der Waals surface area (Å²) in [6, 6.07) is 11.6. The van der Waals surface area contributed by atoms with E-state index in [2.05, 4.69) is 10.6 Å². The van der Waals surface area contributed by atoms with Gasteiger partial charge in [0, 0.05) is 25.3 Å². The Hall–Kier alpha value is -3.93. The lowest BCUT2D eigenvalue weighted by Gasteiger charge is -2.27. The van der Waals surface area contributed by atoms with Crippen molar-refractivity contribution in [3.8, 4) is 5.75 Å². The number of cyclic esters (lactones) is 2. The fraction of sp³-hybridized carbons (Fsp3) is 0.500. The van der Waals surface area contributed by atoms with Gasteiger partial charge in [-0.05, 0) is 47.2 Å². The van der Waals surface area contributed by atoms with E-state index >= 15 is 0 Å². The van der Waals surface area contributed by atoms with Crippen LogP contribution in [-0.4, -0.2) is 66.9 Å². The van der Waals surface area contributed by atoms with E-state index in [1.807, 2.05) is 45.0 Å². The fourth-order valence-electron chi connectivity index (χ4n) is 5.56. The third-order valence-corrected chi connectivity index (χ3v) is 8.80. The number of hydrogen-bond donors (Lipinski definition) is 3. The van der Waals surface area contributed by atoms with Crippen LogP contribution in [0.1, 0.15) is 63.3 Å². The lowest BCUT2D eigenvalue weighted by atomic mass is 9.93. The number of aliphatic hydroxyl groups excluding tert-OH is 1. The number of halogens is 1. The second-order valence-electron chi connectivity index (χ2n) is 12.8. The first kappa shape index (κ1) is 36.9. The van der Waals surface area contributed by atoms with Gasteiger partial charge >= 0.3 is 11.9 Å². The Bertz CT molecular complexity index is 1480. The van der Waals surface area contributed by atoms with E-state index < -0.39 is 47.9 Å². The normalized spacial score (nSPS) is 26.9. The number of hydrogen-bond acceptors (Lipinski definition) is 9. The number of amides is 2. The molecule has 12 heteroatoms. The van der Waals surface area contributed by atoms with Gasteiger partial charge in [-0.2, -0.15) is 0 Å². The molecule has 0 aliphatic carbocycles. The Labute approximate surface area is 286 Å². The predicted molar refractivity (Wildman–Crippen MR) is 178 cm³/mol. The van der Waals surface area contributed by atoms with Crippen molar-refractivity contribution in [1.82, 2.24) is 10.6 Å². The molecule has 0 unspecified atom stereocenters. The monoisotopic (exact) mass is 684 g/mol. The third-order valence-electron chi connectivity index (χ3n) is 8.51. The Morgan fingerprint density at radius 2 is 1.71 bits per heavy atom. The number of carbonyl (C=O) groups excluding carboxylic acids is 4. The molecule has 1 saturated heterocycles. The van der Waals surface area contributed by atoms with Crippen LogP contribution in [0.5, 0.6) is 5.75 Å². The smallest absolute Gasteiger partial charge is 0.347 e. The maximum Gasteiger partial charge on any atom is 0.347 e. The zero-order valence-electron chi connectivity index (χ0n) is 27.9. The standard InChI is InChI=1S/C36H45ClN2O9/c1-20(2)15-30-36(44)46-28(22(4)32-33(48-32)25-12-9-23(19-40)10-13-25)7-6-8-31(41)39-27(34(42)38-18-21(3)35(43)47-30)17-24-11-14-29(45-5)26(37)16-24/h6,8-14,16,20-22,27-28,30,32-33,40H,7,15,17-19H2,1-5H3,(H,38,42)(H,39,41)/b8-6+/t21-,22+,27-,28+,30+,32-,33-/m1/s1. The van der Waals surface area contributed by atoms with E-state index in [1.54, 1.807) is 31.2 Å². The van der Waals surface area contributed by atoms with Crippen molar-refractivity contribution in [2.24, 2.45) is 17.8 Å². The lowest BCUT2D eigenvalue weighted by Crippen LogP contribution is -2.49. The summed E-state index contributed by atoms with van der Waals surface area (Å²) in [6.07, 6.45) is 1.08. The van der Waals surface area contributed by atoms with Crippen LogP contribution in [0.15, 0.2) is 54.6 Å². The number of epoxide rings is 1. The largest absolute Gasteiger partial charge is 0.495 e. The minimum absolute atomic E-state index is 0.0145. The maximum absolute atomic E-state index is 13.5. The zero-order valence-corrected chi connectivity index (χ0v) is 28.7. The minimum Gasteiger partial charge on any atom is -0.495 e. The highest BCUT2D eigenvalue weighted by molar-refractivity contribution is 6.32. The van der Waals surface area contributed by atoms with Gasteiger partial charge in [-0.3, -0.25) is 14.4 Å². The summed E-state index contributed by atoms with van der Waals surface area (Å²) in [5, 5.41) is 15.2. The Morgan fingerprint density at radius 3 is 2.35 bits per heavy atom. The summed E-state index contributed by atoms with van der Waals surface area (Å²) in [5.41, 5.74) is 2.41. The molecule has 260 valence electrons. The van der Waals surface area contributed by atoms with Gasteiger partial charge in [-0.1, -0.05) is 75.7 Å². The topological polar surface area (TPSA) is 153 Å². The Kier molecular flexibility index (Phi) is 13.0. The molecular formula is C36H45ClN2O9. The van der Waals surface area contributed by atoms with Crippen molar-refractivity contribution >= 4 is 35.4 Å². The molecule has 0 spiro atoms. The number of methoxy groups -OCH3 is 1. The molecule has 2 aromatic rings. The van der Waals surface area contributed by atoms with E-state index in [1.165, 1.54) is 13.2 Å². The molecule has 11 nitrogen and oxygen atoms in total. The van der Waals surface area contributed by atoms with E-state index in [0.29, 0.717) is 16.3 Å². The molecule has 3 N–H and O–H groups in total. The van der Waals surface area contributed by atoms with Gasteiger partial charge in [0.15, 0.2) is 6.10 Å². The summed E-state index contributed by atoms with van der Waals surface area (Å²) in [4.78, 5) is 53.1. The third kappa shape index (κ3) is 10.0. The van der Waals surface area contributed by atoms with Crippen LogP contribution in [-0.2, 0) is 46.4 Å². The highest BCUT2D eigenvalue weighted by Gasteiger charge is 2.47. The molecule has 2 heterocycles. The number of nitrogens with one attached hydrogen (secondary N) is 2. The van der Waals surface area contributed by atoms with E-state index in [9.17, 15) is 24.3 Å². The minimum atomic E-state index is -1.15. The van der Waals surface area contributed by atoms with Crippen LogP contribution < -0.4 is 15.4 Å². The van der Waals surface area contributed by atoms with Crippen molar-refractivity contribution in [1.29, 1.82) is 0 Å². The molecule has 0 saturated carbocycles. The number of aliphatic hydroxyl groups is 1. The molecule has 0 radical (unpaired) electrons. The number of benzene rings is 2. The first-order chi connectivity index (χ1) is 22.9. The number of carbonyl (C=O) groups is 4. The molecule has 0 aromatic heterocycles. The SMILES string of the molecule is COc1ccc(C[C@H]2NC(=O)/C=C/C[C@@H]([C@H](C)[C@H]3O[C@@H]3c3ccc(CO)cc3)OC(=O)[C@H](CC(C)C)OC(=O)[C@H](C)CNC2=O)cc1Cl. The average molecular weight is 685 g/mol. The summed E-state index contributed by atoms with van der Waals surface area (Å²) in [7, 11) is 1.50. The quantitative estimate of drug-likeness (QED) is 0.260. The zero-order chi connectivity index (χ0) is 35.0. The molecule has 48 heavy (non-hydrogen) atoms. The van der Waals surface area contributed by atoms with E-state index in [4.69, 9.17) is 30.5 Å². The van der Waals surface area contributed by atoms with Crippen LogP contribution in [0.2, 0.25) is 5.02 Å². The van der Waals surface area contributed by atoms with Gasteiger partial charge in [-0.15, -0.1) is 0 Å². The van der Waals surface area contributed by atoms with Crippen molar-refractivity contribution in [2.75, 3.05) is 13.7 Å². The van der Waals surface area contributed by atoms with Crippen molar-refractivity contribution in [3.63, 3.8) is 0 Å². The first-order valence-corrected chi connectivity index (χ1v) is 16.6. The van der Waals surface area contributed by atoms with E-state index in [-0.39, 0.29) is 56.5 Å². The predicted octanol–water partition coefficient (Wildman–Crippen LogP) is 4.23. The van der Waals surface area contributed by atoms with Crippen LogP contribution in [0, 0.1) is 17.8 Å². The lowest BCUT2D eigenvalue weighted by molar-refractivity contribution is -0.176. The van der Waals surface area contributed by atoms with Gasteiger partial charge in [-0.25, -0.2) is 4.79 Å². The van der Waals surface area contributed by atoms with Crippen molar-refractivity contribution in [2.45, 2.75) is 84.0 Å². The molecule has 4 rings (SSSR count). The van der Waals surface area contributed by atoms with Gasteiger partial charge in [0.25, 0.3) is 0 Å². The number of esters is 2. The molecule has 2 amide bonds. The fourth-order valence-corrected chi connectivity index (χ4v) is 5.84. The molecule has 2 aliphatic rings. The average Bonchev–Trinajstić information content (AvgIpc) is 3.86. The van der Waals surface area contributed by atoms with Gasteiger partial charge in [0.05, 0.1) is 30.8 Å². The molecule has 7 atom stereocenters. The van der Waals surface area contributed by atoms with Crippen LogP contribution in [0.25, 0.3) is 0 Å². The number of ether oxygens (including phenoxy) is 4. The summed E-state index contributed by atoms with van der Waals surface area (Å²) >= 11 is 6.30. The Balaban J connectivity index is 1.58. The second kappa shape index (κ2) is 16.9. The molecule has 1 fully saturated rings. The van der Waals surface area contributed by atoms with Gasteiger partial charge in [0.2, 0.25) is 11.8 Å². The Morgan fingerprint density at radius 1 is 1.00 bits per heavy atom. The highest BCUT2D eigenvalue weighted by Crippen LogP contribution is 2.45. The number of rotatable bonds is 9. The van der Waals surface area contributed by atoms with Gasteiger partial charge in [0.1, 0.15) is 24.0 Å². The van der Waals surface area contributed by atoms with Crippen LogP contribution in [0.4, 0.5) is 0 Å². The summed E-state index contributed by atoms with van der Waals surface area (Å²) < 4.78 is 22.9. The first-order valence-electron chi connectivity index (χ1n) is 16.2. The van der Waals surface area contributed by atoms with Crippen molar-refractivity contribution < 1.29 is 43.2 Å². The van der Waals surface area contributed by atoms with E-state index in [0.717, 1.165) is 11.1 Å². The maximum atomic E-state index is 13.5. The van der Waals surface area contributed by atoms with Gasteiger partial charge < -0.3 is 34.7 Å². The molecule has 0 bridgehead atoms. The summed E-state index contributed by atoms with van der Waals surface area (Å²) in [5.74, 6) is -2.95. The molecule has 2 aromatic carbocycles. The van der Waals surface area contributed by atoms with Crippen LogP contribution >= 0.6 is 11.6 Å². The van der Waals surface area contributed by atoms with Crippen LogP contribution in [0.3, 0.4) is 0 Å². The van der Waals surface area contributed by atoms with Crippen molar-refractivity contribution in [3.05, 3.63) is 76.3 Å². The highest BCUT2D eigenvalue weighted by atomic mass is 35.5. The summed E-state index contributed by atoms with van der Waals surface area (Å²) in [6.45, 7) is 7.17. The molecular weight excluding hydrogens is 640 g/mol.